The van der Waals surface area contributed by atoms with E-state index in [0.717, 1.165) is 6.92 Å². The van der Waals surface area contributed by atoms with Crippen LogP contribution in [-0.2, 0) is 16.0 Å². The SMILES string of the molecule is CC(=O)C1=C(O)C(C(C)C)[C@@]2(C)C[C@@]3(C)Cc4ccc(C(C)C)c(O)c4C(=O)C3=C(O)[C@@]2(O)C1=O. The lowest BCUT2D eigenvalue weighted by atomic mass is 9.44. The first-order valence-corrected chi connectivity index (χ1v) is 12.1. The van der Waals surface area contributed by atoms with Crippen molar-refractivity contribution < 1.29 is 34.8 Å². The van der Waals surface area contributed by atoms with Crippen molar-refractivity contribution in [2.24, 2.45) is 22.7 Å². The van der Waals surface area contributed by atoms with Crippen molar-refractivity contribution in [3.05, 3.63) is 51.5 Å². The molecule has 1 aromatic rings. The molecule has 4 atom stereocenters. The molecule has 0 radical (unpaired) electrons. The summed E-state index contributed by atoms with van der Waals surface area (Å²) in [6, 6.07) is 3.60. The minimum atomic E-state index is -2.58. The van der Waals surface area contributed by atoms with Crippen LogP contribution in [0.15, 0.2) is 34.8 Å². The van der Waals surface area contributed by atoms with E-state index in [2.05, 4.69) is 0 Å². The predicted octanol–water partition coefficient (Wildman–Crippen LogP) is 4.47. The maximum absolute atomic E-state index is 13.9. The summed E-state index contributed by atoms with van der Waals surface area (Å²) >= 11 is 0. The van der Waals surface area contributed by atoms with Gasteiger partial charge in [0.1, 0.15) is 22.8 Å². The van der Waals surface area contributed by atoms with Crippen LogP contribution in [0.25, 0.3) is 0 Å². The van der Waals surface area contributed by atoms with E-state index in [4.69, 9.17) is 0 Å². The summed E-state index contributed by atoms with van der Waals surface area (Å²) in [7, 11) is 0. The van der Waals surface area contributed by atoms with Crippen molar-refractivity contribution in [1.82, 2.24) is 0 Å². The first-order chi connectivity index (χ1) is 16.0. The highest BCUT2D eigenvalue weighted by Gasteiger charge is 2.71. The van der Waals surface area contributed by atoms with Crippen LogP contribution in [0, 0.1) is 22.7 Å². The molecule has 0 aromatic heterocycles. The number of phenols is 1. The molecule has 1 aromatic carbocycles. The highest BCUT2D eigenvalue weighted by Crippen LogP contribution is 2.65. The van der Waals surface area contributed by atoms with Crippen molar-refractivity contribution in [1.29, 1.82) is 0 Å². The van der Waals surface area contributed by atoms with E-state index in [9.17, 15) is 34.8 Å². The molecule has 7 heteroatoms. The number of fused-ring (bicyclic) bond motifs is 3. The molecule has 3 aliphatic carbocycles. The zero-order valence-electron chi connectivity index (χ0n) is 21.3. The van der Waals surface area contributed by atoms with Gasteiger partial charge in [-0.1, -0.05) is 53.7 Å². The number of aliphatic hydroxyl groups excluding tert-OH is 2. The maximum Gasteiger partial charge on any atom is 0.209 e. The minimum absolute atomic E-state index is 0.0548. The van der Waals surface area contributed by atoms with E-state index in [-0.39, 0.29) is 47.3 Å². The van der Waals surface area contributed by atoms with Gasteiger partial charge in [0.05, 0.1) is 5.56 Å². The summed E-state index contributed by atoms with van der Waals surface area (Å²) in [6.45, 7) is 11.9. The quantitative estimate of drug-likeness (QED) is 0.467. The van der Waals surface area contributed by atoms with Crippen LogP contribution in [0.4, 0.5) is 0 Å². The van der Waals surface area contributed by atoms with Crippen molar-refractivity contribution in [2.75, 3.05) is 0 Å². The molecule has 35 heavy (non-hydrogen) atoms. The first-order valence-electron chi connectivity index (χ1n) is 12.1. The largest absolute Gasteiger partial charge is 0.511 e. The van der Waals surface area contributed by atoms with E-state index < -0.39 is 51.0 Å². The molecule has 1 unspecified atom stereocenters. The Kier molecular flexibility index (Phi) is 5.42. The fraction of sp³-hybridized carbons (Fsp3) is 0.536. The third-order valence-corrected chi connectivity index (χ3v) is 8.53. The maximum atomic E-state index is 13.9. The van der Waals surface area contributed by atoms with Crippen molar-refractivity contribution in [2.45, 2.75) is 72.8 Å². The van der Waals surface area contributed by atoms with Gasteiger partial charge in [-0.2, -0.15) is 0 Å². The van der Waals surface area contributed by atoms with Crippen LogP contribution in [-0.4, -0.2) is 43.4 Å². The number of rotatable bonds is 3. The van der Waals surface area contributed by atoms with E-state index in [1.807, 2.05) is 33.8 Å². The Bertz CT molecular complexity index is 1250. The van der Waals surface area contributed by atoms with Gasteiger partial charge in [-0.15, -0.1) is 0 Å². The van der Waals surface area contributed by atoms with Gasteiger partial charge < -0.3 is 20.4 Å². The van der Waals surface area contributed by atoms with E-state index >= 15 is 0 Å². The van der Waals surface area contributed by atoms with Gasteiger partial charge in [0.25, 0.3) is 0 Å². The zero-order valence-corrected chi connectivity index (χ0v) is 21.3. The zero-order chi connectivity index (χ0) is 26.4. The summed E-state index contributed by atoms with van der Waals surface area (Å²) in [5, 5.41) is 45.6. The third kappa shape index (κ3) is 2.97. The molecular weight excluding hydrogens is 448 g/mol. The second-order valence-corrected chi connectivity index (χ2v) is 11.7. The third-order valence-electron chi connectivity index (χ3n) is 8.53. The molecule has 0 bridgehead atoms. The lowest BCUT2D eigenvalue weighted by Gasteiger charge is -2.59. The van der Waals surface area contributed by atoms with E-state index in [1.165, 1.54) is 0 Å². The molecule has 0 saturated carbocycles. The summed E-state index contributed by atoms with van der Waals surface area (Å²) in [5.41, 5.74) is -4.37. The standard InChI is InChI=1S/C28H34O7/c1-12(2)16-9-8-15-10-26(6)11-27(7)19(13(3)4)22(31)17(14(5)29)24(33)28(27,35)25(34)20(26)23(32)18(15)21(16)30/h8-9,12-13,19,30-31,34-35H,10-11H2,1-7H3/t19?,26-,27-,28+/m1/s1. The highest BCUT2D eigenvalue weighted by atomic mass is 16.3. The first kappa shape index (κ1) is 25.2. The summed E-state index contributed by atoms with van der Waals surface area (Å²) < 4.78 is 0. The Morgan fingerprint density at radius 1 is 1.06 bits per heavy atom. The summed E-state index contributed by atoms with van der Waals surface area (Å²) in [4.78, 5) is 39.9. The van der Waals surface area contributed by atoms with Gasteiger partial charge in [0.2, 0.25) is 5.78 Å². The average molecular weight is 483 g/mol. The number of aromatic hydroxyl groups is 1. The normalized spacial score (nSPS) is 32.7. The number of Topliss-reactive ketones (excluding diaryl/α,β-unsaturated/α-hetero) is 3. The molecule has 4 rings (SSSR count). The van der Waals surface area contributed by atoms with Gasteiger partial charge in [-0.25, -0.2) is 0 Å². The predicted molar refractivity (Wildman–Crippen MR) is 129 cm³/mol. The molecule has 3 aliphatic rings. The van der Waals surface area contributed by atoms with Gasteiger partial charge in [0, 0.05) is 22.3 Å². The van der Waals surface area contributed by atoms with Crippen LogP contribution >= 0.6 is 0 Å². The molecular formula is C28H34O7. The Balaban J connectivity index is 2.06. The van der Waals surface area contributed by atoms with Crippen molar-refractivity contribution >= 4 is 17.3 Å². The van der Waals surface area contributed by atoms with Crippen molar-refractivity contribution in [3.8, 4) is 5.75 Å². The number of allylic oxidation sites excluding steroid dienone is 2. The second-order valence-electron chi connectivity index (χ2n) is 11.7. The topological polar surface area (TPSA) is 132 Å². The minimum Gasteiger partial charge on any atom is -0.511 e. The number of phenolic OH excluding ortho intramolecular Hbond substituents is 1. The van der Waals surface area contributed by atoms with Crippen LogP contribution in [0.2, 0.25) is 0 Å². The molecule has 188 valence electrons. The molecule has 0 spiro atoms. The number of carbonyl (C=O) groups is 3. The Morgan fingerprint density at radius 2 is 1.66 bits per heavy atom. The number of ketones is 3. The molecule has 0 saturated heterocycles. The molecule has 7 nitrogen and oxygen atoms in total. The monoisotopic (exact) mass is 482 g/mol. The number of aliphatic hydroxyl groups is 3. The Hall–Kier alpha value is -2.93. The van der Waals surface area contributed by atoms with Crippen LogP contribution in [0.5, 0.6) is 5.75 Å². The van der Waals surface area contributed by atoms with Crippen LogP contribution in [0.3, 0.4) is 0 Å². The molecule has 0 fully saturated rings. The van der Waals surface area contributed by atoms with E-state index in [1.54, 1.807) is 19.9 Å². The second kappa shape index (κ2) is 7.53. The van der Waals surface area contributed by atoms with Gasteiger partial charge in [-0.3, -0.25) is 14.4 Å². The lowest BCUT2D eigenvalue weighted by molar-refractivity contribution is -0.171. The smallest absolute Gasteiger partial charge is 0.209 e. The summed E-state index contributed by atoms with van der Waals surface area (Å²) in [6.07, 6.45) is 0.381. The lowest BCUT2D eigenvalue weighted by Crippen LogP contribution is -2.67. The number of carbonyl (C=O) groups excluding carboxylic acids is 3. The highest BCUT2D eigenvalue weighted by molar-refractivity contribution is 6.25. The number of hydrogen-bond acceptors (Lipinski definition) is 7. The van der Waals surface area contributed by atoms with E-state index in [0.29, 0.717) is 11.1 Å². The number of benzene rings is 1. The van der Waals surface area contributed by atoms with Crippen LogP contribution < -0.4 is 0 Å². The molecule has 0 amide bonds. The van der Waals surface area contributed by atoms with Crippen LogP contribution in [0.1, 0.15) is 82.3 Å². The molecule has 4 N–H and O–H groups in total. The Morgan fingerprint density at radius 3 is 2.17 bits per heavy atom. The fourth-order valence-electron chi connectivity index (χ4n) is 7.21. The molecule has 0 aliphatic heterocycles. The van der Waals surface area contributed by atoms with Crippen molar-refractivity contribution in [3.63, 3.8) is 0 Å². The number of hydrogen-bond donors (Lipinski definition) is 4. The Labute approximate surface area is 205 Å². The average Bonchev–Trinajstić information content (AvgIpc) is 2.69. The van der Waals surface area contributed by atoms with Gasteiger partial charge in [0.15, 0.2) is 17.2 Å². The molecule has 0 heterocycles. The summed E-state index contributed by atoms with van der Waals surface area (Å²) in [5.74, 6) is -4.98. The fourth-order valence-corrected chi connectivity index (χ4v) is 7.21. The van der Waals surface area contributed by atoms with Gasteiger partial charge in [-0.05, 0) is 42.7 Å². The van der Waals surface area contributed by atoms with Gasteiger partial charge >= 0.3 is 0 Å².